The second-order valence-corrected chi connectivity index (χ2v) is 7.28. The summed E-state index contributed by atoms with van der Waals surface area (Å²) in [5, 5.41) is 1.13. The minimum Gasteiger partial charge on any atom is -0.454 e. The Hall–Kier alpha value is -3.48. The first-order valence-electron chi connectivity index (χ1n) is 9.86. The summed E-state index contributed by atoms with van der Waals surface area (Å²) in [4.78, 5) is 49.7. The van der Waals surface area contributed by atoms with E-state index in [4.69, 9.17) is 4.74 Å². The van der Waals surface area contributed by atoms with E-state index in [1.165, 1.54) is 0 Å². The van der Waals surface area contributed by atoms with E-state index < -0.39 is 23.9 Å². The molecule has 1 aliphatic heterocycles. The van der Waals surface area contributed by atoms with Gasteiger partial charge in [-0.25, -0.2) is 0 Å². The number of carbonyl (C=O) groups is 4. The van der Waals surface area contributed by atoms with E-state index >= 15 is 0 Å². The molecule has 2 aromatic carbocycles. The van der Waals surface area contributed by atoms with Gasteiger partial charge >= 0.3 is 5.97 Å². The zero-order chi connectivity index (χ0) is 21.7. The number of nitrogens with one attached hydrogen (secondary N) is 1. The van der Waals surface area contributed by atoms with Crippen molar-refractivity contribution >= 4 is 23.6 Å². The van der Waals surface area contributed by atoms with Crippen LogP contribution in [0.2, 0.25) is 0 Å². The lowest BCUT2D eigenvalue weighted by atomic mass is 10.0. The third-order valence-corrected chi connectivity index (χ3v) is 4.99. The van der Waals surface area contributed by atoms with Gasteiger partial charge in [-0.2, -0.15) is 0 Å². The number of carbonyl (C=O) groups excluding carboxylic acids is 4. The molecular weight excluding hydrogens is 384 g/mol. The fourth-order valence-corrected chi connectivity index (χ4v) is 3.21. The van der Waals surface area contributed by atoms with Crippen molar-refractivity contribution in [3.05, 3.63) is 71.3 Å². The maximum absolute atomic E-state index is 12.6. The number of amides is 2. The zero-order valence-electron chi connectivity index (χ0n) is 17.0. The van der Waals surface area contributed by atoms with E-state index in [2.05, 4.69) is 5.43 Å². The predicted molar refractivity (Wildman–Crippen MR) is 109 cm³/mol. The molecule has 2 aromatic rings. The third-order valence-electron chi connectivity index (χ3n) is 4.99. The highest BCUT2D eigenvalue weighted by atomic mass is 16.5. The van der Waals surface area contributed by atoms with E-state index in [1.54, 1.807) is 61.5 Å². The molecule has 1 heterocycles. The maximum Gasteiger partial charge on any atom is 0.312 e. The molecule has 2 amide bonds. The molecule has 7 heteroatoms. The van der Waals surface area contributed by atoms with Crippen molar-refractivity contribution in [1.29, 1.82) is 0 Å². The predicted octanol–water partition coefficient (Wildman–Crippen LogP) is 2.69. The van der Waals surface area contributed by atoms with Gasteiger partial charge in [-0.05, 0) is 25.5 Å². The summed E-state index contributed by atoms with van der Waals surface area (Å²) >= 11 is 0. The standard InChI is InChI=1S/C23H24N2O5/c1-3-19(21(27)16-7-5-4-6-8-16)30-23(29)18-13-20(26)25(14-18)24-22(28)17-11-9-15(2)10-12-17/h4-12,18-19H,3,13-14H2,1-2H3,(H,24,28)/t18-,19-/m0/s1. The van der Waals surface area contributed by atoms with Crippen LogP contribution in [0.1, 0.15) is 46.0 Å². The lowest BCUT2D eigenvalue weighted by Crippen LogP contribution is -2.43. The fraction of sp³-hybridized carbons (Fsp3) is 0.304. The average molecular weight is 408 g/mol. The number of esters is 1. The smallest absolute Gasteiger partial charge is 0.312 e. The number of rotatable bonds is 7. The van der Waals surface area contributed by atoms with Gasteiger partial charge in [-0.3, -0.25) is 29.6 Å². The zero-order valence-corrected chi connectivity index (χ0v) is 17.0. The van der Waals surface area contributed by atoms with Crippen LogP contribution in [-0.4, -0.2) is 41.2 Å². The van der Waals surface area contributed by atoms with Gasteiger partial charge in [-0.1, -0.05) is 55.0 Å². The van der Waals surface area contributed by atoms with E-state index in [9.17, 15) is 19.2 Å². The second-order valence-electron chi connectivity index (χ2n) is 7.28. The average Bonchev–Trinajstić information content (AvgIpc) is 3.12. The summed E-state index contributed by atoms with van der Waals surface area (Å²) < 4.78 is 5.42. The Morgan fingerprint density at radius 1 is 1.07 bits per heavy atom. The highest BCUT2D eigenvalue weighted by Crippen LogP contribution is 2.20. The largest absolute Gasteiger partial charge is 0.454 e. The Bertz CT molecular complexity index is 940. The van der Waals surface area contributed by atoms with Crippen molar-refractivity contribution in [3.8, 4) is 0 Å². The summed E-state index contributed by atoms with van der Waals surface area (Å²) in [7, 11) is 0. The van der Waals surface area contributed by atoms with Crippen LogP contribution in [0, 0.1) is 12.8 Å². The minimum absolute atomic E-state index is 0.00519. The third kappa shape index (κ3) is 4.92. The first kappa shape index (κ1) is 21.2. The molecule has 0 saturated carbocycles. The van der Waals surface area contributed by atoms with Gasteiger partial charge in [0.2, 0.25) is 11.7 Å². The van der Waals surface area contributed by atoms with Gasteiger partial charge in [-0.15, -0.1) is 0 Å². The van der Waals surface area contributed by atoms with Gasteiger partial charge in [0, 0.05) is 17.5 Å². The van der Waals surface area contributed by atoms with Crippen LogP contribution in [0.25, 0.3) is 0 Å². The topological polar surface area (TPSA) is 92.8 Å². The van der Waals surface area contributed by atoms with Crippen molar-refractivity contribution in [2.75, 3.05) is 6.54 Å². The molecule has 1 aliphatic rings. The Balaban J connectivity index is 1.59. The summed E-state index contributed by atoms with van der Waals surface area (Å²) in [6.07, 6.45) is -0.664. The Kier molecular flexibility index (Phi) is 6.61. The SMILES string of the molecule is CC[C@H](OC(=O)[C@H]1CC(=O)N(NC(=O)c2ccc(C)cc2)C1)C(=O)c1ccccc1. The number of aryl methyl sites for hydroxylation is 1. The number of hydrogen-bond acceptors (Lipinski definition) is 5. The molecule has 3 rings (SSSR count). The van der Waals surface area contributed by atoms with Crippen molar-refractivity contribution < 1.29 is 23.9 Å². The van der Waals surface area contributed by atoms with Crippen LogP contribution in [0.5, 0.6) is 0 Å². The van der Waals surface area contributed by atoms with Crippen LogP contribution in [0.4, 0.5) is 0 Å². The molecule has 0 aliphatic carbocycles. The van der Waals surface area contributed by atoms with Crippen molar-refractivity contribution in [1.82, 2.24) is 10.4 Å². The van der Waals surface area contributed by atoms with Crippen molar-refractivity contribution in [3.63, 3.8) is 0 Å². The first-order chi connectivity index (χ1) is 14.4. The van der Waals surface area contributed by atoms with Crippen LogP contribution in [-0.2, 0) is 14.3 Å². The van der Waals surface area contributed by atoms with Gasteiger partial charge < -0.3 is 4.74 Å². The van der Waals surface area contributed by atoms with E-state index in [0.29, 0.717) is 17.5 Å². The summed E-state index contributed by atoms with van der Waals surface area (Å²) in [6, 6.07) is 15.5. The van der Waals surface area contributed by atoms with Crippen molar-refractivity contribution in [2.24, 2.45) is 5.92 Å². The number of ether oxygens (including phenoxy) is 1. The molecule has 30 heavy (non-hydrogen) atoms. The minimum atomic E-state index is -0.911. The highest BCUT2D eigenvalue weighted by Gasteiger charge is 2.38. The number of hydrazine groups is 1. The quantitative estimate of drug-likeness (QED) is 0.562. The monoisotopic (exact) mass is 408 g/mol. The summed E-state index contributed by atoms with van der Waals surface area (Å²) in [5.41, 5.74) is 4.43. The van der Waals surface area contributed by atoms with Crippen LogP contribution >= 0.6 is 0 Å². The molecule has 0 bridgehead atoms. The van der Waals surface area contributed by atoms with Crippen LogP contribution < -0.4 is 5.43 Å². The Labute approximate surface area is 175 Å². The number of hydrogen-bond donors (Lipinski definition) is 1. The molecule has 1 fully saturated rings. The first-order valence-corrected chi connectivity index (χ1v) is 9.86. The molecule has 1 saturated heterocycles. The summed E-state index contributed by atoms with van der Waals surface area (Å²) in [5.74, 6) is -2.44. The lowest BCUT2D eigenvalue weighted by Gasteiger charge is -2.19. The van der Waals surface area contributed by atoms with Crippen LogP contribution in [0.15, 0.2) is 54.6 Å². The second kappa shape index (κ2) is 9.35. The van der Waals surface area contributed by atoms with Gasteiger partial charge in [0.1, 0.15) is 0 Å². The molecule has 0 aromatic heterocycles. The molecule has 0 spiro atoms. The number of ketones is 1. The fourth-order valence-electron chi connectivity index (χ4n) is 3.21. The molecule has 7 nitrogen and oxygen atoms in total. The van der Waals surface area contributed by atoms with E-state index in [0.717, 1.165) is 10.6 Å². The number of nitrogens with zero attached hydrogens (tertiary/aromatic N) is 1. The lowest BCUT2D eigenvalue weighted by molar-refractivity contribution is -0.151. The number of Topliss-reactive ketones (excluding diaryl/α,β-unsaturated/α-hetero) is 1. The van der Waals surface area contributed by atoms with Gasteiger partial charge in [0.25, 0.3) is 5.91 Å². The number of benzene rings is 2. The van der Waals surface area contributed by atoms with Crippen molar-refractivity contribution in [2.45, 2.75) is 32.8 Å². The van der Waals surface area contributed by atoms with Crippen LogP contribution in [0.3, 0.4) is 0 Å². The molecule has 1 N–H and O–H groups in total. The highest BCUT2D eigenvalue weighted by molar-refractivity contribution is 6.01. The normalized spacial score (nSPS) is 16.8. The molecule has 0 unspecified atom stereocenters. The molecule has 2 atom stereocenters. The molecule has 156 valence electrons. The summed E-state index contributed by atoms with van der Waals surface area (Å²) in [6.45, 7) is 3.67. The van der Waals surface area contributed by atoms with E-state index in [1.807, 2.05) is 6.92 Å². The van der Waals surface area contributed by atoms with Gasteiger partial charge in [0.05, 0.1) is 12.5 Å². The molecule has 0 radical (unpaired) electrons. The Morgan fingerprint density at radius 3 is 2.37 bits per heavy atom. The van der Waals surface area contributed by atoms with E-state index in [-0.39, 0.29) is 24.7 Å². The Morgan fingerprint density at radius 2 is 1.73 bits per heavy atom. The molecular formula is C23H24N2O5. The van der Waals surface area contributed by atoms with Gasteiger partial charge in [0.15, 0.2) is 6.10 Å². The maximum atomic E-state index is 12.6.